The van der Waals surface area contributed by atoms with Gasteiger partial charge < -0.3 is 19.8 Å². The SMILES string of the molecule is CC/C=C\C/C=C\C/C=C\C/C=C\C/C=C\C/C=C\C/C=C\C/C=C\C/C=C\CCCCCC(=O)NC(COP(=O)(O)OCC[N+](C)(C)C)C(O)CCCCCCCCCCCCCCCCCCCCCCCCC. The highest BCUT2D eigenvalue weighted by atomic mass is 31.2. The third-order valence-electron chi connectivity index (χ3n) is 13.5. The van der Waals surface area contributed by atoms with Gasteiger partial charge in [0, 0.05) is 6.42 Å². The number of hydrogen-bond donors (Lipinski definition) is 3. The first-order valence-corrected chi connectivity index (χ1v) is 32.7. The first kappa shape index (κ1) is 73.2. The largest absolute Gasteiger partial charge is 0.472 e. The van der Waals surface area contributed by atoms with E-state index >= 15 is 0 Å². The van der Waals surface area contributed by atoms with Crippen molar-refractivity contribution in [2.24, 2.45) is 0 Å². The van der Waals surface area contributed by atoms with Crippen LogP contribution in [0.5, 0.6) is 0 Å². The standard InChI is InChI=1S/C67H119N2O6P/c1-6-8-10-12-14-16-18-20-22-24-26-28-30-31-32-33-34-35-36-37-39-41-43-45-47-49-51-53-55-57-59-61-67(71)68-65(64-75-76(72,73)74-63-62-69(3,4)5)66(70)60-58-56-54-52-50-48-46-44-42-40-38-29-27-25-23-21-19-17-15-13-11-9-7-2/h8,10,14,16,20,22,26,28,31-32,34-35,37,39,43,45,49,51,65-66,70H,6-7,9,11-13,15,17-19,21,23-25,27,29-30,33,36,38,40-42,44,46-48,50,52-64H2,1-5H3,(H-,68,71,72,73)/p+1/b10-8-,16-14-,22-20-,28-26-,32-31-,35-34-,39-37-,45-43-,51-49-. The predicted octanol–water partition coefficient (Wildman–Crippen LogP) is 19.5. The Hall–Kier alpha value is -2.84. The number of aliphatic hydroxyl groups excluding tert-OH is 1. The second kappa shape index (κ2) is 56.9. The minimum absolute atomic E-state index is 0.0622. The van der Waals surface area contributed by atoms with Crippen molar-refractivity contribution in [2.75, 3.05) is 40.9 Å². The Labute approximate surface area is 470 Å². The van der Waals surface area contributed by atoms with Crippen molar-refractivity contribution in [3.8, 4) is 0 Å². The van der Waals surface area contributed by atoms with Gasteiger partial charge in [0.05, 0.1) is 39.9 Å². The fourth-order valence-electron chi connectivity index (χ4n) is 8.69. The average molecular weight is 1080 g/mol. The Morgan fingerprint density at radius 3 is 1.14 bits per heavy atom. The first-order valence-electron chi connectivity index (χ1n) is 31.3. The summed E-state index contributed by atoms with van der Waals surface area (Å²) in [6.07, 6.45) is 83.0. The molecule has 0 radical (unpaired) electrons. The maximum Gasteiger partial charge on any atom is 0.472 e. The molecule has 0 rings (SSSR count). The molecule has 0 heterocycles. The Bertz CT molecular complexity index is 1600. The maximum atomic E-state index is 13.0. The molecule has 0 aliphatic heterocycles. The van der Waals surface area contributed by atoms with E-state index in [1.165, 1.54) is 128 Å². The van der Waals surface area contributed by atoms with E-state index in [0.717, 1.165) is 103 Å². The molecule has 3 N–H and O–H groups in total. The zero-order chi connectivity index (χ0) is 55.6. The van der Waals surface area contributed by atoms with Crippen molar-refractivity contribution in [1.29, 1.82) is 0 Å². The van der Waals surface area contributed by atoms with Gasteiger partial charge in [-0.1, -0.05) is 277 Å². The number of nitrogens with one attached hydrogen (secondary N) is 1. The van der Waals surface area contributed by atoms with Crippen LogP contribution >= 0.6 is 7.82 Å². The van der Waals surface area contributed by atoms with Gasteiger partial charge in [0.1, 0.15) is 13.2 Å². The van der Waals surface area contributed by atoms with Crippen molar-refractivity contribution >= 4 is 13.7 Å². The monoisotopic (exact) mass is 1080 g/mol. The molecule has 1 amide bonds. The first-order chi connectivity index (χ1) is 37.0. The van der Waals surface area contributed by atoms with Crippen molar-refractivity contribution in [3.63, 3.8) is 0 Å². The molecular formula is C67H120N2O6P+. The number of carbonyl (C=O) groups is 1. The van der Waals surface area contributed by atoms with Crippen LogP contribution in [0.3, 0.4) is 0 Å². The van der Waals surface area contributed by atoms with Crippen molar-refractivity contribution < 1.29 is 32.9 Å². The number of hydrogen-bond acceptors (Lipinski definition) is 5. The van der Waals surface area contributed by atoms with E-state index in [0.29, 0.717) is 23.9 Å². The van der Waals surface area contributed by atoms with E-state index in [4.69, 9.17) is 9.05 Å². The van der Waals surface area contributed by atoms with Gasteiger partial charge in [-0.2, -0.15) is 0 Å². The van der Waals surface area contributed by atoms with E-state index in [-0.39, 0.29) is 19.1 Å². The average Bonchev–Trinajstić information content (AvgIpc) is 3.38. The topological polar surface area (TPSA) is 105 Å². The van der Waals surface area contributed by atoms with Crippen LogP contribution < -0.4 is 5.32 Å². The lowest BCUT2D eigenvalue weighted by Gasteiger charge is -2.26. The Morgan fingerprint density at radius 2 is 0.789 bits per heavy atom. The molecule has 0 bridgehead atoms. The molecule has 0 saturated heterocycles. The maximum absolute atomic E-state index is 13.0. The molecule has 8 nitrogen and oxygen atoms in total. The molecule has 76 heavy (non-hydrogen) atoms. The highest BCUT2D eigenvalue weighted by molar-refractivity contribution is 7.47. The molecule has 0 saturated carbocycles. The molecule has 0 aliphatic rings. The molecular weight excluding hydrogens is 960 g/mol. The fraction of sp³-hybridized carbons (Fsp3) is 0.716. The number of nitrogens with zero attached hydrogens (tertiary/aromatic N) is 1. The summed E-state index contributed by atoms with van der Waals surface area (Å²) >= 11 is 0. The third-order valence-corrected chi connectivity index (χ3v) is 14.5. The number of aliphatic hydroxyl groups is 1. The van der Waals surface area contributed by atoms with Crippen LogP contribution in [0.4, 0.5) is 0 Å². The molecule has 0 aromatic rings. The predicted molar refractivity (Wildman–Crippen MR) is 332 cm³/mol. The van der Waals surface area contributed by atoms with Crippen LogP contribution in [-0.2, 0) is 18.4 Å². The Balaban J connectivity index is 4.25. The number of allylic oxidation sites excluding steroid dienone is 18. The molecule has 3 unspecified atom stereocenters. The van der Waals surface area contributed by atoms with Crippen LogP contribution in [0.25, 0.3) is 0 Å². The lowest BCUT2D eigenvalue weighted by molar-refractivity contribution is -0.870. The van der Waals surface area contributed by atoms with E-state index in [2.05, 4.69) is 129 Å². The van der Waals surface area contributed by atoms with Crippen molar-refractivity contribution in [3.05, 3.63) is 109 Å². The van der Waals surface area contributed by atoms with Crippen LogP contribution in [0.1, 0.15) is 258 Å². The molecule has 3 atom stereocenters. The highest BCUT2D eigenvalue weighted by Gasteiger charge is 2.28. The number of unbranched alkanes of at least 4 members (excludes halogenated alkanes) is 25. The second-order valence-corrected chi connectivity index (χ2v) is 23.5. The summed E-state index contributed by atoms with van der Waals surface area (Å²) in [6.45, 7) is 4.76. The number of quaternary nitrogens is 1. The summed E-state index contributed by atoms with van der Waals surface area (Å²) in [7, 11) is 1.58. The van der Waals surface area contributed by atoms with E-state index in [1.54, 1.807) is 0 Å². The van der Waals surface area contributed by atoms with Crippen LogP contribution in [0.2, 0.25) is 0 Å². The summed E-state index contributed by atoms with van der Waals surface area (Å²) in [5.41, 5.74) is 0. The number of phosphoric ester groups is 1. The molecule has 0 aliphatic carbocycles. The smallest absolute Gasteiger partial charge is 0.391 e. The van der Waals surface area contributed by atoms with Crippen molar-refractivity contribution in [1.82, 2.24) is 5.32 Å². The van der Waals surface area contributed by atoms with Gasteiger partial charge in [-0.25, -0.2) is 4.57 Å². The number of amides is 1. The molecule has 0 fully saturated rings. The highest BCUT2D eigenvalue weighted by Crippen LogP contribution is 2.43. The van der Waals surface area contributed by atoms with Gasteiger partial charge in [0.15, 0.2) is 0 Å². The van der Waals surface area contributed by atoms with Gasteiger partial charge in [-0.3, -0.25) is 13.8 Å². The van der Waals surface area contributed by atoms with Gasteiger partial charge >= 0.3 is 7.82 Å². The fourth-order valence-corrected chi connectivity index (χ4v) is 9.42. The zero-order valence-electron chi connectivity index (χ0n) is 50.0. The molecule has 438 valence electrons. The number of carbonyl (C=O) groups excluding carboxylic acids is 1. The molecule has 0 spiro atoms. The normalized spacial score (nSPS) is 14.6. The summed E-state index contributed by atoms with van der Waals surface area (Å²) in [5.74, 6) is -0.178. The quantitative estimate of drug-likeness (QED) is 0.0243. The summed E-state index contributed by atoms with van der Waals surface area (Å²) < 4.78 is 23.8. The van der Waals surface area contributed by atoms with Gasteiger partial charge in [-0.05, 0) is 83.5 Å². The van der Waals surface area contributed by atoms with Gasteiger partial charge in [-0.15, -0.1) is 0 Å². The van der Waals surface area contributed by atoms with E-state index in [1.807, 2.05) is 21.1 Å². The van der Waals surface area contributed by atoms with Crippen LogP contribution in [-0.4, -0.2) is 73.4 Å². The second-order valence-electron chi connectivity index (χ2n) is 22.1. The number of likely N-dealkylation sites (N-methyl/N-ethyl adjacent to an activating group) is 1. The summed E-state index contributed by atoms with van der Waals surface area (Å²) in [4.78, 5) is 23.4. The number of phosphoric acid groups is 1. The van der Waals surface area contributed by atoms with E-state index in [9.17, 15) is 19.4 Å². The van der Waals surface area contributed by atoms with Crippen LogP contribution in [0, 0.1) is 0 Å². The lowest BCUT2D eigenvalue weighted by atomic mass is 10.0. The number of rotatable bonds is 56. The molecule has 0 aromatic carbocycles. The lowest BCUT2D eigenvalue weighted by Crippen LogP contribution is -2.46. The van der Waals surface area contributed by atoms with E-state index < -0.39 is 20.0 Å². The molecule has 9 heteroatoms. The molecule has 0 aromatic heterocycles. The summed E-state index contributed by atoms with van der Waals surface area (Å²) in [6, 6.07) is -0.788. The van der Waals surface area contributed by atoms with Gasteiger partial charge in [0.25, 0.3) is 0 Å². The van der Waals surface area contributed by atoms with Crippen LogP contribution in [0.15, 0.2) is 109 Å². The summed E-state index contributed by atoms with van der Waals surface area (Å²) in [5, 5.41) is 14.1. The minimum atomic E-state index is -4.34. The van der Waals surface area contributed by atoms with Gasteiger partial charge in [0.2, 0.25) is 5.91 Å². The zero-order valence-corrected chi connectivity index (χ0v) is 50.9. The Kier molecular flexibility index (Phi) is 54.7. The Morgan fingerprint density at radius 1 is 0.461 bits per heavy atom. The van der Waals surface area contributed by atoms with Crippen molar-refractivity contribution in [2.45, 2.75) is 270 Å². The minimum Gasteiger partial charge on any atom is -0.391 e. The third kappa shape index (κ3) is 58.8.